The number of hydrogen-bond donors (Lipinski definition) is 1. The zero-order valence-electron chi connectivity index (χ0n) is 18.8. The highest BCUT2D eigenvalue weighted by molar-refractivity contribution is 6.30. The molecule has 1 atom stereocenters. The van der Waals surface area contributed by atoms with E-state index < -0.39 is 29.9 Å². The summed E-state index contributed by atoms with van der Waals surface area (Å²) in [7, 11) is 0. The van der Waals surface area contributed by atoms with Crippen LogP contribution < -0.4 is 10.2 Å². The first-order valence-electron chi connectivity index (χ1n) is 10.9. The maximum Gasteiger partial charge on any atom is 0.338 e. The Morgan fingerprint density at radius 1 is 1.06 bits per heavy atom. The van der Waals surface area contributed by atoms with Crippen molar-refractivity contribution in [2.24, 2.45) is 0 Å². The number of urea groups is 1. The van der Waals surface area contributed by atoms with E-state index in [0.717, 1.165) is 4.90 Å². The molecule has 4 rings (SSSR count). The molecule has 3 aromatic rings. The molecule has 35 heavy (non-hydrogen) atoms. The SMILES string of the molecule is CCOC(=O)c1ccc(NC(=O)C[C@H]2C(=O)N(c3ccc(Cl)cc3)C(=O)N2Cc2ccco2)cc1. The monoisotopic (exact) mass is 495 g/mol. The molecule has 180 valence electrons. The van der Waals surface area contributed by atoms with E-state index in [0.29, 0.717) is 27.7 Å². The fraction of sp³-hybridized carbons (Fsp3) is 0.200. The van der Waals surface area contributed by atoms with Gasteiger partial charge in [0.25, 0.3) is 5.91 Å². The van der Waals surface area contributed by atoms with Gasteiger partial charge >= 0.3 is 12.0 Å². The number of esters is 1. The van der Waals surface area contributed by atoms with Crippen LogP contribution in [0.15, 0.2) is 71.3 Å². The molecular formula is C25H22ClN3O6. The highest BCUT2D eigenvalue weighted by atomic mass is 35.5. The molecule has 0 unspecified atom stereocenters. The molecule has 0 bridgehead atoms. The minimum atomic E-state index is -1.04. The van der Waals surface area contributed by atoms with E-state index >= 15 is 0 Å². The minimum absolute atomic E-state index is 0.0217. The summed E-state index contributed by atoms with van der Waals surface area (Å²) in [4.78, 5) is 53.5. The minimum Gasteiger partial charge on any atom is -0.467 e. The van der Waals surface area contributed by atoms with Crippen LogP contribution in [0.25, 0.3) is 0 Å². The predicted molar refractivity (Wildman–Crippen MR) is 128 cm³/mol. The Hall–Kier alpha value is -4.11. The quantitative estimate of drug-likeness (QED) is 0.364. The molecule has 10 heteroatoms. The van der Waals surface area contributed by atoms with E-state index in [-0.39, 0.29) is 19.6 Å². The Labute approximate surface area is 206 Å². The first-order chi connectivity index (χ1) is 16.9. The van der Waals surface area contributed by atoms with Crippen molar-refractivity contribution < 1.29 is 28.3 Å². The summed E-state index contributed by atoms with van der Waals surface area (Å²) >= 11 is 5.94. The predicted octanol–water partition coefficient (Wildman–Crippen LogP) is 4.48. The molecule has 1 N–H and O–H groups in total. The molecular weight excluding hydrogens is 474 g/mol. The number of nitrogens with one attached hydrogen (secondary N) is 1. The van der Waals surface area contributed by atoms with Crippen LogP contribution in [0.1, 0.15) is 29.5 Å². The third-order valence-electron chi connectivity index (χ3n) is 5.37. The van der Waals surface area contributed by atoms with Crippen molar-refractivity contribution in [1.82, 2.24) is 4.90 Å². The van der Waals surface area contributed by atoms with Crippen molar-refractivity contribution in [2.75, 3.05) is 16.8 Å². The topological polar surface area (TPSA) is 109 Å². The zero-order valence-corrected chi connectivity index (χ0v) is 19.5. The van der Waals surface area contributed by atoms with Gasteiger partial charge in [-0.2, -0.15) is 0 Å². The van der Waals surface area contributed by atoms with Gasteiger partial charge in [-0.05, 0) is 67.6 Å². The average Bonchev–Trinajstić information content (AvgIpc) is 3.43. The number of furan rings is 1. The van der Waals surface area contributed by atoms with Gasteiger partial charge in [-0.1, -0.05) is 11.6 Å². The second-order valence-electron chi connectivity index (χ2n) is 7.71. The molecule has 9 nitrogen and oxygen atoms in total. The standard InChI is InChI=1S/C25H22ClN3O6/c1-2-34-24(32)16-5-9-18(10-6-16)27-22(30)14-21-23(31)29(19-11-7-17(26)8-12-19)25(33)28(21)15-20-4-3-13-35-20/h3-13,21H,2,14-15H2,1H3,(H,27,30)/t21-/m0/s1. The Bertz CT molecular complexity index is 1230. The van der Waals surface area contributed by atoms with Gasteiger partial charge in [-0.3, -0.25) is 9.59 Å². The fourth-order valence-corrected chi connectivity index (χ4v) is 3.83. The van der Waals surface area contributed by atoms with Gasteiger partial charge in [0.1, 0.15) is 11.8 Å². The van der Waals surface area contributed by atoms with Crippen LogP contribution in [0.4, 0.5) is 16.2 Å². The number of nitrogens with zero attached hydrogens (tertiary/aromatic N) is 2. The van der Waals surface area contributed by atoms with Gasteiger partial charge in [0, 0.05) is 10.7 Å². The van der Waals surface area contributed by atoms with E-state index in [1.807, 2.05) is 0 Å². The molecule has 0 saturated carbocycles. The number of imide groups is 1. The van der Waals surface area contributed by atoms with Crippen LogP contribution in [0.3, 0.4) is 0 Å². The maximum absolute atomic E-state index is 13.3. The van der Waals surface area contributed by atoms with Crippen molar-refractivity contribution in [3.63, 3.8) is 0 Å². The van der Waals surface area contributed by atoms with Gasteiger partial charge in [-0.15, -0.1) is 0 Å². The number of hydrogen-bond acceptors (Lipinski definition) is 6. The van der Waals surface area contributed by atoms with Crippen LogP contribution in [-0.2, 0) is 20.9 Å². The van der Waals surface area contributed by atoms with Crippen LogP contribution in [0.5, 0.6) is 0 Å². The van der Waals surface area contributed by atoms with E-state index in [2.05, 4.69) is 5.32 Å². The lowest BCUT2D eigenvalue weighted by atomic mass is 10.1. The van der Waals surface area contributed by atoms with Gasteiger partial charge < -0.3 is 19.4 Å². The van der Waals surface area contributed by atoms with Crippen molar-refractivity contribution in [3.05, 3.63) is 83.3 Å². The molecule has 0 aliphatic carbocycles. The number of ether oxygens (including phenoxy) is 1. The highest BCUT2D eigenvalue weighted by Crippen LogP contribution is 2.29. The second kappa shape index (κ2) is 10.4. The summed E-state index contributed by atoms with van der Waals surface area (Å²) in [5.74, 6) is -0.987. The van der Waals surface area contributed by atoms with Crippen molar-refractivity contribution in [3.8, 4) is 0 Å². The van der Waals surface area contributed by atoms with Crippen LogP contribution in [0.2, 0.25) is 5.02 Å². The van der Waals surface area contributed by atoms with Crippen LogP contribution in [-0.4, -0.2) is 41.4 Å². The lowest BCUT2D eigenvalue weighted by Gasteiger charge is -2.20. The summed E-state index contributed by atoms with van der Waals surface area (Å²) < 4.78 is 10.3. The fourth-order valence-electron chi connectivity index (χ4n) is 3.70. The molecule has 0 spiro atoms. The smallest absolute Gasteiger partial charge is 0.338 e. The first-order valence-corrected chi connectivity index (χ1v) is 11.2. The first kappa shape index (κ1) is 24.0. The summed E-state index contributed by atoms with van der Waals surface area (Å²) in [5.41, 5.74) is 1.14. The Balaban J connectivity index is 1.51. The zero-order chi connectivity index (χ0) is 24.9. The number of halogens is 1. The van der Waals surface area contributed by atoms with E-state index in [1.165, 1.54) is 23.3 Å². The molecule has 2 heterocycles. The molecule has 1 fully saturated rings. The number of rotatable bonds is 8. The van der Waals surface area contributed by atoms with Gasteiger partial charge in [0.05, 0.1) is 37.1 Å². The number of anilines is 2. The van der Waals surface area contributed by atoms with Crippen molar-refractivity contribution in [1.29, 1.82) is 0 Å². The lowest BCUT2D eigenvalue weighted by Crippen LogP contribution is -2.37. The van der Waals surface area contributed by atoms with Crippen LogP contribution >= 0.6 is 11.6 Å². The van der Waals surface area contributed by atoms with E-state index in [4.69, 9.17) is 20.8 Å². The summed E-state index contributed by atoms with van der Waals surface area (Å²) in [6, 6.07) is 14.2. The largest absolute Gasteiger partial charge is 0.467 e. The molecule has 1 aliphatic heterocycles. The Kier molecular flexibility index (Phi) is 7.17. The molecule has 0 radical (unpaired) electrons. The van der Waals surface area contributed by atoms with Crippen molar-refractivity contribution >= 4 is 46.8 Å². The van der Waals surface area contributed by atoms with Crippen molar-refractivity contribution in [2.45, 2.75) is 25.9 Å². The third-order valence-corrected chi connectivity index (χ3v) is 5.62. The second-order valence-corrected chi connectivity index (χ2v) is 8.14. The molecule has 1 aromatic heterocycles. The molecule has 1 aliphatic rings. The maximum atomic E-state index is 13.3. The Morgan fingerprint density at radius 2 is 1.77 bits per heavy atom. The van der Waals surface area contributed by atoms with E-state index in [9.17, 15) is 19.2 Å². The van der Waals surface area contributed by atoms with Gasteiger partial charge in [0.15, 0.2) is 0 Å². The average molecular weight is 496 g/mol. The Morgan fingerprint density at radius 3 is 2.40 bits per heavy atom. The molecule has 1 saturated heterocycles. The normalized spacial score (nSPS) is 15.4. The van der Waals surface area contributed by atoms with Crippen LogP contribution in [0, 0.1) is 0 Å². The van der Waals surface area contributed by atoms with Gasteiger partial charge in [0.2, 0.25) is 5.91 Å². The highest BCUT2D eigenvalue weighted by Gasteiger charge is 2.47. The number of amides is 4. The van der Waals surface area contributed by atoms with Gasteiger partial charge in [-0.25, -0.2) is 14.5 Å². The lowest BCUT2D eigenvalue weighted by molar-refractivity contribution is -0.124. The number of benzene rings is 2. The number of carbonyl (C=O) groups is 4. The summed E-state index contributed by atoms with van der Waals surface area (Å²) in [6.07, 6.45) is 1.20. The summed E-state index contributed by atoms with van der Waals surface area (Å²) in [6.45, 7) is 1.99. The third kappa shape index (κ3) is 5.36. The molecule has 4 amide bonds. The number of carbonyl (C=O) groups excluding carboxylic acids is 4. The molecule has 2 aromatic carbocycles. The summed E-state index contributed by atoms with van der Waals surface area (Å²) in [5, 5.41) is 3.17. The van der Waals surface area contributed by atoms with E-state index in [1.54, 1.807) is 55.5 Å².